The molecule has 1 atom stereocenters. The van der Waals surface area contributed by atoms with Crippen LogP contribution in [0, 0.1) is 5.82 Å². The molecule has 0 radical (unpaired) electrons. The van der Waals surface area contributed by atoms with Crippen LogP contribution in [0.3, 0.4) is 0 Å². The highest BCUT2D eigenvalue weighted by Gasteiger charge is 2.29. The van der Waals surface area contributed by atoms with Gasteiger partial charge in [0.1, 0.15) is 17.4 Å². The lowest BCUT2D eigenvalue weighted by Gasteiger charge is -2.20. The van der Waals surface area contributed by atoms with Crippen molar-refractivity contribution >= 4 is 22.8 Å². The van der Waals surface area contributed by atoms with E-state index in [2.05, 4.69) is 15.6 Å². The number of carbonyl (C=O) groups excluding carboxylic acids is 2. The number of carbonyl (C=O) groups is 2. The van der Waals surface area contributed by atoms with Crippen LogP contribution >= 0.6 is 0 Å². The van der Waals surface area contributed by atoms with Crippen LogP contribution in [0.5, 0.6) is 0 Å². The normalized spacial score (nSPS) is 20.2. The lowest BCUT2D eigenvalue weighted by atomic mass is 10.1. The standard InChI is InChI=1S/C11H9FN4O2/c12-6-1-2-8-7(5-6)14-15-16(8)9-3-4-10(17)13-11(9)18/h1-2,5,9H,3-4H2,(H,13,17,18). The summed E-state index contributed by atoms with van der Waals surface area (Å²) in [4.78, 5) is 22.8. The number of hydrogen-bond acceptors (Lipinski definition) is 4. The summed E-state index contributed by atoms with van der Waals surface area (Å²) in [6, 6.07) is 3.49. The van der Waals surface area contributed by atoms with Gasteiger partial charge < -0.3 is 0 Å². The zero-order valence-corrected chi connectivity index (χ0v) is 9.26. The molecule has 0 aliphatic carbocycles. The number of aromatic nitrogens is 3. The molecule has 92 valence electrons. The van der Waals surface area contributed by atoms with Gasteiger partial charge in [0.25, 0.3) is 5.91 Å². The van der Waals surface area contributed by atoms with Crippen LogP contribution in [0.4, 0.5) is 4.39 Å². The lowest BCUT2D eigenvalue weighted by molar-refractivity contribution is -0.135. The second-order valence-corrected chi connectivity index (χ2v) is 4.13. The average Bonchev–Trinajstić information content (AvgIpc) is 2.72. The van der Waals surface area contributed by atoms with Crippen molar-refractivity contribution in [2.45, 2.75) is 18.9 Å². The molecule has 1 fully saturated rings. The Hall–Kier alpha value is -2.31. The summed E-state index contributed by atoms with van der Waals surface area (Å²) in [7, 11) is 0. The summed E-state index contributed by atoms with van der Waals surface area (Å²) >= 11 is 0. The molecule has 1 aliphatic heterocycles. The van der Waals surface area contributed by atoms with E-state index >= 15 is 0 Å². The summed E-state index contributed by atoms with van der Waals surface area (Å²) in [5.74, 6) is -1.09. The van der Waals surface area contributed by atoms with Crippen molar-refractivity contribution in [2.75, 3.05) is 0 Å². The molecule has 0 bridgehead atoms. The molecule has 1 unspecified atom stereocenters. The molecule has 7 heteroatoms. The quantitative estimate of drug-likeness (QED) is 0.747. The van der Waals surface area contributed by atoms with Gasteiger partial charge in [-0.2, -0.15) is 0 Å². The van der Waals surface area contributed by atoms with Gasteiger partial charge in [-0.05, 0) is 18.6 Å². The van der Waals surface area contributed by atoms with E-state index in [-0.39, 0.29) is 12.3 Å². The largest absolute Gasteiger partial charge is 0.295 e. The van der Waals surface area contributed by atoms with Gasteiger partial charge in [-0.3, -0.25) is 14.9 Å². The van der Waals surface area contributed by atoms with Crippen LogP contribution in [0.25, 0.3) is 11.0 Å². The number of amides is 2. The predicted molar refractivity (Wildman–Crippen MR) is 58.9 cm³/mol. The van der Waals surface area contributed by atoms with Crippen molar-refractivity contribution in [3.8, 4) is 0 Å². The second kappa shape index (κ2) is 3.86. The van der Waals surface area contributed by atoms with Gasteiger partial charge in [-0.1, -0.05) is 5.21 Å². The zero-order chi connectivity index (χ0) is 12.7. The Morgan fingerprint density at radius 2 is 2.22 bits per heavy atom. The van der Waals surface area contributed by atoms with E-state index in [0.717, 1.165) is 0 Å². The maximum Gasteiger partial charge on any atom is 0.251 e. The summed E-state index contributed by atoms with van der Waals surface area (Å²) in [6.07, 6.45) is 0.638. The fourth-order valence-corrected chi connectivity index (χ4v) is 2.06. The minimum atomic E-state index is -0.571. The van der Waals surface area contributed by atoms with E-state index in [1.54, 1.807) is 0 Å². The number of nitrogens with zero attached hydrogens (tertiary/aromatic N) is 3. The van der Waals surface area contributed by atoms with E-state index in [1.165, 1.54) is 22.9 Å². The van der Waals surface area contributed by atoms with Gasteiger partial charge >= 0.3 is 0 Å². The zero-order valence-electron chi connectivity index (χ0n) is 9.26. The van der Waals surface area contributed by atoms with Crippen molar-refractivity contribution < 1.29 is 14.0 Å². The third-order valence-corrected chi connectivity index (χ3v) is 2.94. The SMILES string of the molecule is O=C1CCC(n2nnc3cc(F)ccc32)C(=O)N1. The molecule has 3 rings (SSSR count). The minimum Gasteiger partial charge on any atom is -0.295 e. The average molecular weight is 248 g/mol. The highest BCUT2D eigenvalue weighted by atomic mass is 19.1. The minimum absolute atomic E-state index is 0.263. The molecule has 1 aliphatic rings. The third kappa shape index (κ3) is 1.64. The van der Waals surface area contributed by atoms with Crippen molar-refractivity contribution in [1.82, 2.24) is 20.3 Å². The number of rotatable bonds is 1. The first-order valence-corrected chi connectivity index (χ1v) is 5.49. The first-order valence-electron chi connectivity index (χ1n) is 5.49. The summed E-state index contributed by atoms with van der Waals surface area (Å²) in [5.41, 5.74) is 0.964. The van der Waals surface area contributed by atoms with Gasteiger partial charge in [0.2, 0.25) is 5.91 Å². The van der Waals surface area contributed by atoms with Crippen LogP contribution in [-0.4, -0.2) is 26.8 Å². The van der Waals surface area contributed by atoms with Gasteiger partial charge in [0.15, 0.2) is 0 Å². The van der Waals surface area contributed by atoms with E-state index in [4.69, 9.17) is 0 Å². The number of hydrogen-bond donors (Lipinski definition) is 1. The highest BCUT2D eigenvalue weighted by molar-refractivity contribution is 5.99. The van der Waals surface area contributed by atoms with Gasteiger partial charge in [0.05, 0.1) is 5.52 Å². The molecule has 1 aromatic heterocycles. The summed E-state index contributed by atoms with van der Waals surface area (Å²) < 4.78 is 14.4. The molecule has 1 aromatic carbocycles. The van der Waals surface area contributed by atoms with Crippen molar-refractivity contribution in [3.05, 3.63) is 24.0 Å². The smallest absolute Gasteiger partial charge is 0.251 e. The van der Waals surface area contributed by atoms with E-state index < -0.39 is 17.8 Å². The third-order valence-electron chi connectivity index (χ3n) is 2.94. The number of benzene rings is 1. The number of fused-ring (bicyclic) bond motifs is 1. The van der Waals surface area contributed by atoms with Crippen molar-refractivity contribution in [3.63, 3.8) is 0 Å². The fraction of sp³-hybridized carbons (Fsp3) is 0.273. The number of halogens is 1. The molecule has 0 saturated carbocycles. The van der Waals surface area contributed by atoms with E-state index in [1.807, 2.05) is 0 Å². The summed E-state index contributed by atoms with van der Waals surface area (Å²) in [5, 5.41) is 9.93. The number of piperidine rings is 1. The van der Waals surface area contributed by atoms with Crippen molar-refractivity contribution in [1.29, 1.82) is 0 Å². The Balaban J connectivity index is 2.04. The number of imide groups is 1. The summed E-state index contributed by atoms with van der Waals surface area (Å²) in [6.45, 7) is 0. The first-order chi connectivity index (χ1) is 8.65. The predicted octanol–water partition coefficient (Wildman–Crippen LogP) is 0.548. The molecule has 2 aromatic rings. The maximum absolute atomic E-state index is 13.0. The second-order valence-electron chi connectivity index (χ2n) is 4.13. The molecular weight excluding hydrogens is 239 g/mol. The fourth-order valence-electron chi connectivity index (χ4n) is 2.06. The monoisotopic (exact) mass is 248 g/mol. The molecule has 2 amide bonds. The van der Waals surface area contributed by atoms with E-state index in [9.17, 15) is 14.0 Å². The molecular formula is C11H9FN4O2. The Morgan fingerprint density at radius 3 is 3.00 bits per heavy atom. The lowest BCUT2D eigenvalue weighted by Crippen LogP contribution is -2.42. The maximum atomic E-state index is 13.0. The van der Waals surface area contributed by atoms with Crippen LogP contribution in [0.1, 0.15) is 18.9 Å². The van der Waals surface area contributed by atoms with Crippen molar-refractivity contribution in [2.24, 2.45) is 0 Å². The topological polar surface area (TPSA) is 76.9 Å². The van der Waals surface area contributed by atoms with Crippen LogP contribution in [0.2, 0.25) is 0 Å². The van der Waals surface area contributed by atoms with E-state index in [0.29, 0.717) is 17.5 Å². The van der Waals surface area contributed by atoms with Gasteiger partial charge in [-0.15, -0.1) is 5.10 Å². The Kier molecular flexibility index (Phi) is 2.32. The van der Waals surface area contributed by atoms with Gasteiger partial charge in [-0.25, -0.2) is 9.07 Å². The Morgan fingerprint density at radius 1 is 1.39 bits per heavy atom. The molecule has 1 saturated heterocycles. The van der Waals surface area contributed by atoms with Crippen LogP contribution in [0.15, 0.2) is 18.2 Å². The van der Waals surface area contributed by atoms with Crippen LogP contribution < -0.4 is 5.32 Å². The van der Waals surface area contributed by atoms with Crippen LogP contribution in [-0.2, 0) is 9.59 Å². The molecule has 6 nitrogen and oxygen atoms in total. The Bertz CT molecular complexity index is 652. The molecule has 0 spiro atoms. The molecule has 1 N–H and O–H groups in total. The Labute approximate surface area is 101 Å². The van der Waals surface area contributed by atoms with Gasteiger partial charge in [0, 0.05) is 12.5 Å². The molecule has 18 heavy (non-hydrogen) atoms. The molecule has 2 heterocycles. The highest BCUT2D eigenvalue weighted by Crippen LogP contribution is 2.22. The number of nitrogens with one attached hydrogen (secondary N) is 1. The first kappa shape index (κ1) is 10.8.